The topological polar surface area (TPSA) is 0 Å². The van der Waals surface area contributed by atoms with E-state index < -0.39 is 28.3 Å². The third-order valence-corrected chi connectivity index (χ3v) is 19.3. The summed E-state index contributed by atoms with van der Waals surface area (Å²) in [6.07, 6.45) is 7.02. The van der Waals surface area contributed by atoms with Crippen LogP contribution >= 0.6 is 0 Å². The Balaban J connectivity index is 2.23. The van der Waals surface area contributed by atoms with Crippen LogP contribution in [0.15, 0.2) is 69.9 Å². The van der Waals surface area contributed by atoms with Gasteiger partial charge in [-0.2, -0.15) is 0 Å². The van der Waals surface area contributed by atoms with Crippen molar-refractivity contribution in [3.63, 3.8) is 0 Å². The molecule has 0 aliphatic carbocycles. The fraction of sp³-hybridized carbons (Fsp3) is 0.158. The Morgan fingerprint density at radius 3 is 2.19 bits per heavy atom. The van der Waals surface area contributed by atoms with Crippen LogP contribution in [0.1, 0.15) is 5.56 Å². The summed E-state index contributed by atoms with van der Waals surface area (Å²) in [6, 6.07) is 20.2. The summed E-state index contributed by atoms with van der Waals surface area (Å²) < 4.78 is 5.00. The Labute approximate surface area is 136 Å². The minimum absolute atomic E-state index is 1.31. The SMILES string of the molecule is C[Si](C)(C)[C]1=CC=Cc2cccc[c]2[Sb]1[c]1ccccc1. The monoisotopic (exact) mass is 398 g/mol. The molecule has 2 aromatic carbocycles. The van der Waals surface area contributed by atoms with Gasteiger partial charge in [0.1, 0.15) is 0 Å². The molecule has 0 aromatic heterocycles. The summed E-state index contributed by atoms with van der Waals surface area (Å²) in [4.78, 5) is 0. The second-order valence-corrected chi connectivity index (χ2v) is 18.8. The van der Waals surface area contributed by atoms with E-state index in [2.05, 4.69) is 92.5 Å². The molecular weight excluding hydrogens is 378 g/mol. The molecule has 1 heterocycles. The number of hydrogen-bond acceptors (Lipinski definition) is 0. The molecule has 0 saturated carbocycles. The Morgan fingerprint density at radius 1 is 0.810 bits per heavy atom. The molecule has 21 heavy (non-hydrogen) atoms. The maximum absolute atomic E-state index is 2.49. The molecule has 0 radical (unpaired) electrons. The molecule has 2 heteroatoms. The summed E-state index contributed by atoms with van der Waals surface area (Å²) in [5.41, 5.74) is 1.42. The standard InChI is InChI=1S/C13H16Si.C6H5.Sb/c1-14(2,3)12-8-7-11-13-9-5-4-6-10-13;1-2-4-6-5-3-1;/h4-9,11H,1-3H3;1-5H;. The third kappa shape index (κ3) is 3.10. The zero-order valence-corrected chi connectivity index (χ0v) is 16.4. The third-order valence-electron chi connectivity index (χ3n) is 3.73. The molecule has 0 bridgehead atoms. The molecule has 0 unspecified atom stereocenters. The molecule has 0 amide bonds. The fourth-order valence-electron chi connectivity index (χ4n) is 2.72. The van der Waals surface area contributed by atoms with E-state index in [0.29, 0.717) is 0 Å². The summed E-state index contributed by atoms with van der Waals surface area (Å²) in [7, 11) is -1.31. The van der Waals surface area contributed by atoms with Crippen LogP contribution in [0.25, 0.3) is 6.08 Å². The summed E-state index contributed by atoms with van der Waals surface area (Å²) in [5.74, 6) is 0. The number of hydrogen-bond donors (Lipinski definition) is 0. The van der Waals surface area contributed by atoms with E-state index in [1.807, 2.05) is 0 Å². The van der Waals surface area contributed by atoms with Crippen molar-refractivity contribution in [3.8, 4) is 0 Å². The molecule has 3 rings (SSSR count). The Hall–Kier alpha value is -1.04. The molecule has 0 saturated heterocycles. The van der Waals surface area contributed by atoms with Crippen LogP contribution in [0.4, 0.5) is 0 Å². The average Bonchev–Trinajstić information content (AvgIpc) is 2.67. The zero-order chi connectivity index (χ0) is 14.9. The van der Waals surface area contributed by atoms with Gasteiger partial charge in [-0.15, -0.1) is 0 Å². The van der Waals surface area contributed by atoms with Gasteiger partial charge in [0.05, 0.1) is 0 Å². The van der Waals surface area contributed by atoms with Gasteiger partial charge in [-0.05, 0) is 0 Å². The van der Waals surface area contributed by atoms with E-state index >= 15 is 0 Å². The molecule has 0 N–H and O–H groups in total. The number of fused-ring (bicyclic) bond motifs is 1. The molecular formula is C19H21SbSi. The van der Waals surface area contributed by atoms with Crippen LogP contribution in [-0.2, 0) is 0 Å². The van der Waals surface area contributed by atoms with Crippen molar-refractivity contribution in [1.29, 1.82) is 0 Å². The second-order valence-electron chi connectivity index (χ2n) is 6.39. The van der Waals surface area contributed by atoms with Gasteiger partial charge in [0.15, 0.2) is 0 Å². The zero-order valence-electron chi connectivity index (χ0n) is 12.9. The van der Waals surface area contributed by atoms with Crippen molar-refractivity contribution >= 4 is 41.4 Å². The number of allylic oxidation sites excluding steroid dienone is 2. The predicted octanol–water partition coefficient (Wildman–Crippen LogP) is 3.67. The molecule has 106 valence electrons. The van der Waals surface area contributed by atoms with Gasteiger partial charge in [-0.25, -0.2) is 0 Å². The van der Waals surface area contributed by atoms with Crippen LogP contribution < -0.4 is 7.02 Å². The maximum atomic E-state index is 2.49. The Bertz CT molecular complexity index is 693. The van der Waals surface area contributed by atoms with Gasteiger partial charge in [-0.1, -0.05) is 0 Å². The summed E-state index contributed by atoms with van der Waals surface area (Å²) in [6.45, 7) is 7.46. The van der Waals surface area contributed by atoms with E-state index in [0.717, 1.165) is 0 Å². The summed E-state index contributed by atoms with van der Waals surface area (Å²) >= 11 is -1.85. The van der Waals surface area contributed by atoms with Crippen molar-refractivity contribution in [2.75, 3.05) is 0 Å². The van der Waals surface area contributed by atoms with E-state index in [4.69, 9.17) is 0 Å². The van der Waals surface area contributed by atoms with Crippen LogP contribution in [0, 0.1) is 0 Å². The second kappa shape index (κ2) is 5.98. The van der Waals surface area contributed by atoms with Gasteiger partial charge in [-0.3, -0.25) is 0 Å². The molecule has 0 atom stereocenters. The fourth-order valence-corrected chi connectivity index (χ4v) is 17.6. The van der Waals surface area contributed by atoms with E-state index in [1.54, 1.807) is 10.2 Å². The van der Waals surface area contributed by atoms with E-state index in [9.17, 15) is 0 Å². The number of benzene rings is 2. The van der Waals surface area contributed by atoms with Crippen molar-refractivity contribution in [2.45, 2.75) is 19.6 Å². The van der Waals surface area contributed by atoms with Gasteiger partial charge in [0.2, 0.25) is 0 Å². The van der Waals surface area contributed by atoms with Gasteiger partial charge in [0, 0.05) is 0 Å². The first-order chi connectivity index (χ1) is 10.1. The normalized spacial score (nSPS) is 15.3. The van der Waals surface area contributed by atoms with Crippen molar-refractivity contribution < 1.29 is 0 Å². The summed E-state index contributed by atoms with van der Waals surface area (Å²) in [5, 5.41) is 0. The van der Waals surface area contributed by atoms with E-state index in [-0.39, 0.29) is 0 Å². The average molecular weight is 399 g/mol. The number of rotatable bonds is 2. The van der Waals surface area contributed by atoms with Crippen LogP contribution in [0.5, 0.6) is 0 Å². The van der Waals surface area contributed by atoms with Gasteiger partial charge < -0.3 is 0 Å². The van der Waals surface area contributed by atoms with Crippen molar-refractivity contribution in [3.05, 3.63) is 75.5 Å². The van der Waals surface area contributed by atoms with Crippen LogP contribution in [-0.4, -0.2) is 28.3 Å². The van der Waals surface area contributed by atoms with Gasteiger partial charge >= 0.3 is 136 Å². The van der Waals surface area contributed by atoms with Crippen molar-refractivity contribution in [1.82, 2.24) is 0 Å². The van der Waals surface area contributed by atoms with Gasteiger partial charge in [0.25, 0.3) is 0 Å². The molecule has 1 aliphatic rings. The molecule has 0 nitrogen and oxygen atoms in total. The quantitative estimate of drug-likeness (QED) is 0.677. The van der Waals surface area contributed by atoms with Crippen LogP contribution in [0.2, 0.25) is 19.6 Å². The Kier molecular flexibility index (Phi) is 4.24. The first-order valence-corrected chi connectivity index (χ1v) is 14.7. The molecule has 2 aromatic rings. The first kappa shape index (κ1) is 14.9. The van der Waals surface area contributed by atoms with Crippen molar-refractivity contribution in [2.24, 2.45) is 0 Å². The molecule has 0 fully saturated rings. The first-order valence-electron chi connectivity index (χ1n) is 7.40. The Morgan fingerprint density at radius 2 is 1.48 bits per heavy atom. The molecule has 1 aliphatic heterocycles. The molecule has 0 spiro atoms. The van der Waals surface area contributed by atoms with E-state index in [1.165, 1.54) is 5.56 Å². The predicted molar refractivity (Wildman–Crippen MR) is 98.4 cm³/mol. The minimum atomic E-state index is -1.85. The van der Waals surface area contributed by atoms with Crippen LogP contribution in [0.3, 0.4) is 0 Å².